The van der Waals surface area contributed by atoms with Crippen molar-refractivity contribution in [2.45, 2.75) is 51.5 Å². The smallest absolute Gasteiger partial charge is 0.132 e. The van der Waals surface area contributed by atoms with Crippen LogP contribution in [-0.4, -0.2) is 23.1 Å². The molecule has 0 aliphatic heterocycles. The molecule has 1 heterocycles. The molecule has 0 amide bonds. The van der Waals surface area contributed by atoms with E-state index in [2.05, 4.69) is 20.6 Å². The second kappa shape index (κ2) is 5.84. The average Bonchev–Trinajstić information content (AvgIpc) is 2.57. The van der Waals surface area contributed by atoms with Gasteiger partial charge in [0.25, 0.3) is 0 Å². The zero-order valence-corrected chi connectivity index (χ0v) is 10.8. The standard InChI is InChI=1S/C13H22N4/c1-10-15-12(14-2)9-13(16-10)17-11-7-5-3-4-6-8-11/h9,11H,3-8H2,1-2H3,(H2,14,15,16,17). The number of hydrogen-bond acceptors (Lipinski definition) is 4. The van der Waals surface area contributed by atoms with Gasteiger partial charge < -0.3 is 10.6 Å². The zero-order valence-electron chi connectivity index (χ0n) is 10.8. The molecule has 4 heteroatoms. The Balaban J connectivity index is 2.03. The molecule has 1 aromatic rings. The molecule has 2 N–H and O–H groups in total. The monoisotopic (exact) mass is 234 g/mol. The van der Waals surface area contributed by atoms with E-state index in [0.717, 1.165) is 17.5 Å². The molecule has 1 aliphatic rings. The molecule has 0 saturated heterocycles. The van der Waals surface area contributed by atoms with Crippen LogP contribution in [0.5, 0.6) is 0 Å². The second-order valence-electron chi connectivity index (χ2n) is 4.77. The Labute approximate surface area is 103 Å². The molecule has 1 aliphatic carbocycles. The van der Waals surface area contributed by atoms with Gasteiger partial charge in [-0.25, -0.2) is 9.97 Å². The van der Waals surface area contributed by atoms with Crippen LogP contribution in [0.25, 0.3) is 0 Å². The first-order chi connectivity index (χ1) is 8.28. The Morgan fingerprint density at radius 2 is 1.71 bits per heavy atom. The summed E-state index contributed by atoms with van der Waals surface area (Å²) < 4.78 is 0. The van der Waals surface area contributed by atoms with Gasteiger partial charge in [0.05, 0.1) is 0 Å². The fourth-order valence-electron chi connectivity index (χ4n) is 2.40. The lowest BCUT2D eigenvalue weighted by Gasteiger charge is -2.17. The first-order valence-corrected chi connectivity index (χ1v) is 6.58. The molecule has 4 nitrogen and oxygen atoms in total. The van der Waals surface area contributed by atoms with E-state index in [0.29, 0.717) is 6.04 Å². The van der Waals surface area contributed by atoms with E-state index in [-0.39, 0.29) is 0 Å². The van der Waals surface area contributed by atoms with E-state index in [1.807, 2.05) is 20.0 Å². The predicted molar refractivity (Wildman–Crippen MR) is 71.4 cm³/mol. The summed E-state index contributed by atoms with van der Waals surface area (Å²) in [6.07, 6.45) is 7.95. The molecule has 94 valence electrons. The highest BCUT2D eigenvalue weighted by Gasteiger charge is 2.12. The summed E-state index contributed by atoms with van der Waals surface area (Å²) in [6, 6.07) is 2.56. The summed E-state index contributed by atoms with van der Waals surface area (Å²) in [5, 5.41) is 6.61. The number of rotatable bonds is 3. The van der Waals surface area contributed by atoms with Gasteiger partial charge in [0.2, 0.25) is 0 Å². The molecule has 0 unspecified atom stereocenters. The van der Waals surface area contributed by atoms with Crippen molar-refractivity contribution in [2.75, 3.05) is 17.7 Å². The Kier molecular flexibility index (Phi) is 4.18. The van der Waals surface area contributed by atoms with E-state index in [1.54, 1.807) is 0 Å². The van der Waals surface area contributed by atoms with Gasteiger partial charge in [-0.2, -0.15) is 0 Å². The molecule has 0 aromatic carbocycles. The first kappa shape index (κ1) is 12.1. The van der Waals surface area contributed by atoms with Gasteiger partial charge >= 0.3 is 0 Å². The van der Waals surface area contributed by atoms with Crippen LogP contribution in [0.15, 0.2) is 6.07 Å². The van der Waals surface area contributed by atoms with Gasteiger partial charge in [0.15, 0.2) is 0 Å². The molecule has 1 fully saturated rings. The molecule has 0 spiro atoms. The minimum atomic E-state index is 0.580. The number of nitrogens with zero attached hydrogens (tertiary/aromatic N) is 2. The van der Waals surface area contributed by atoms with Crippen LogP contribution in [0.4, 0.5) is 11.6 Å². The maximum Gasteiger partial charge on any atom is 0.132 e. The molecule has 1 aromatic heterocycles. The van der Waals surface area contributed by atoms with Crippen molar-refractivity contribution in [3.63, 3.8) is 0 Å². The van der Waals surface area contributed by atoms with Crippen LogP contribution in [0, 0.1) is 6.92 Å². The molecule has 17 heavy (non-hydrogen) atoms. The second-order valence-corrected chi connectivity index (χ2v) is 4.77. The van der Waals surface area contributed by atoms with Crippen molar-refractivity contribution in [3.05, 3.63) is 11.9 Å². The van der Waals surface area contributed by atoms with Crippen molar-refractivity contribution in [3.8, 4) is 0 Å². The summed E-state index contributed by atoms with van der Waals surface area (Å²) in [5.41, 5.74) is 0. The highest BCUT2D eigenvalue weighted by molar-refractivity contribution is 5.47. The largest absolute Gasteiger partial charge is 0.373 e. The van der Waals surface area contributed by atoms with E-state index >= 15 is 0 Å². The van der Waals surface area contributed by atoms with Gasteiger partial charge in [-0.15, -0.1) is 0 Å². The maximum atomic E-state index is 4.44. The number of aryl methyl sites for hydroxylation is 1. The lowest BCUT2D eigenvalue weighted by Crippen LogP contribution is -2.19. The molecule has 0 atom stereocenters. The normalized spacial score (nSPS) is 17.5. The number of hydrogen-bond donors (Lipinski definition) is 2. The lowest BCUT2D eigenvalue weighted by molar-refractivity contribution is 0.617. The average molecular weight is 234 g/mol. The Morgan fingerprint density at radius 3 is 2.35 bits per heavy atom. The molecule has 0 radical (unpaired) electrons. The fourth-order valence-corrected chi connectivity index (χ4v) is 2.40. The van der Waals surface area contributed by atoms with Crippen LogP contribution in [0.2, 0.25) is 0 Å². The molecule has 2 rings (SSSR count). The summed E-state index contributed by atoms with van der Waals surface area (Å²) in [6.45, 7) is 1.93. The van der Waals surface area contributed by atoms with Crippen LogP contribution in [-0.2, 0) is 0 Å². The summed E-state index contributed by atoms with van der Waals surface area (Å²) in [5.74, 6) is 2.65. The molecular weight excluding hydrogens is 212 g/mol. The Morgan fingerprint density at radius 1 is 1.06 bits per heavy atom. The van der Waals surface area contributed by atoms with Crippen LogP contribution in [0.3, 0.4) is 0 Å². The van der Waals surface area contributed by atoms with Crippen LogP contribution < -0.4 is 10.6 Å². The first-order valence-electron chi connectivity index (χ1n) is 6.58. The number of anilines is 2. The van der Waals surface area contributed by atoms with E-state index in [4.69, 9.17) is 0 Å². The third-order valence-corrected chi connectivity index (χ3v) is 3.30. The highest BCUT2D eigenvalue weighted by Crippen LogP contribution is 2.21. The minimum Gasteiger partial charge on any atom is -0.373 e. The van der Waals surface area contributed by atoms with Gasteiger partial charge in [-0.1, -0.05) is 25.7 Å². The molecule has 1 saturated carbocycles. The topological polar surface area (TPSA) is 49.8 Å². The zero-order chi connectivity index (χ0) is 12.1. The lowest BCUT2D eigenvalue weighted by atomic mass is 10.1. The quantitative estimate of drug-likeness (QED) is 0.789. The summed E-state index contributed by atoms with van der Waals surface area (Å²) in [7, 11) is 1.89. The summed E-state index contributed by atoms with van der Waals surface area (Å²) >= 11 is 0. The van der Waals surface area contributed by atoms with Gasteiger partial charge in [0.1, 0.15) is 17.5 Å². The van der Waals surface area contributed by atoms with Gasteiger partial charge in [-0.05, 0) is 19.8 Å². The maximum absolute atomic E-state index is 4.44. The number of nitrogens with one attached hydrogen (secondary N) is 2. The number of aromatic nitrogens is 2. The van der Waals surface area contributed by atoms with E-state index < -0.39 is 0 Å². The Bertz CT molecular complexity index is 356. The fraction of sp³-hybridized carbons (Fsp3) is 0.692. The SMILES string of the molecule is CNc1cc(NC2CCCCCC2)nc(C)n1. The molecular formula is C13H22N4. The van der Waals surface area contributed by atoms with Gasteiger partial charge in [0, 0.05) is 19.2 Å². The van der Waals surface area contributed by atoms with Crippen molar-refractivity contribution in [1.82, 2.24) is 9.97 Å². The van der Waals surface area contributed by atoms with E-state index in [1.165, 1.54) is 38.5 Å². The highest BCUT2D eigenvalue weighted by atomic mass is 15.1. The van der Waals surface area contributed by atoms with Crippen molar-refractivity contribution < 1.29 is 0 Å². The Hall–Kier alpha value is -1.32. The minimum absolute atomic E-state index is 0.580. The van der Waals surface area contributed by atoms with Crippen molar-refractivity contribution >= 4 is 11.6 Å². The van der Waals surface area contributed by atoms with Crippen LogP contribution >= 0.6 is 0 Å². The van der Waals surface area contributed by atoms with Gasteiger partial charge in [-0.3, -0.25) is 0 Å². The van der Waals surface area contributed by atoms with Crippen molar-refractivity contribution in [2.24, 2.45) is 0 Å². The molecule has 0 bridgehead atoms. The summed E-state index contributed by atoms with van der Waals surface area (Å²) in [4.78, 5) is 8.75. The third kappa shape index (κ3) is 3.58. The van der Waals surface area contributed by atoms with E-state index in [9.17, 15) is 0 Å². The predicted octanol–water partition coefficient (Wildman–Crippen LogP) is 2.96. The third-order valence-electron chi connectivity index (χ3n) is 3.30. The van der Waals surface area contributed by atoms with Crippen molar-refractivity contribution in [1.29, 1.82) is 0 Å². The van der Waals surface area contributed by atoms with Crippen LogP contribution in [0.1, 0.15) is 44.3 Å².